The maximum absolute atomic E-state index is 12.8. The van der Waals surface area contributed by atoms with Crippen molar-refractivity contribution in [2.45, 2.75) is 20.5 Å². The van der Waals surface area contributed by atoms with Gasteiger partial charge >= 0.3 is 0 Å². The molecular formula is C27H24IN3O6. The van der Waals surface area contributed by atoms with Crippen LogP contribution in [0.25, 0.3) is 6.08 Å². The SMILES string of the molecule is CCOc1cc(/C=C(\C#N)C(=O)Nc2ccc(OC)cc2[N+](=O)[O-])cc(I)c1OCc1ccccc1C. The van der Waals surface area contributed by atoms with Gasteiger partial charge in [-0.25, -0.2) is 0 Å². The Balaban J connectivity index is 1.89. The van der Waals surface area contributed by atoms with Crippen LogP contribution in [0.5, 0.6) is 17.2 Å². The van der Waals surface area contributed by atoms with Gasteiger partial charge in [0.15, 0.2) is 11.5 Å². The molecule has 0 aliphatic rings. The summed E-state index contributed by atoms with van der Waals surface area (Å²) in [5.41, 5.74) is 2.04. The second-order valence-electron chi connectivity index (χ2n) is 7.74. The zero-order valence-corrected chi connectivity index (χ0v) is 22.6. The maximum atomic E-state index is 12.8. The van der Waals surface area contributed by atoms with Crippen molar-refractivity contribution in [1.29, 1.82) is 5.26 Å². The van der Waals surface area contributed by atoms with Gasteiger partial charge in [0.05, 0.1) is 28.3 Å². The van der Waals surface area contributed by atoms with Crippen LogP contribution in [0.3, 0.4) is 0 Å². The van der Waals surface area contributed by atoms with Crippen LogP contribution in [-0.4, -0.2) is 24.5 Å². The number of amides is 1. The van der Waals surface area contributed by atoms with Crippen LogP contribution in [0.1, 0.15) is 23.6 Å². The molecule has 1 amide bonds. The molecule has 0 fully saturated rings. The molecule has 0 saturated heterocycles. The number of ether oxygens (including phenoxy) is 3. The third-order valence-corrected chi connectivity index (χ3v) is 6.09. The minimum Gasteiger partial charge on any atom is -0.496 e. The van der Waals surface area contributed by atoms with Crippen LogP contribution >= 0.6 is 22.6 Å². The molecule has 3 rings (SSSR count). The average molecular weight is 613 g/mol. The molecule has 0 bridgehead atoms. The molecule has 0 heterocycles. The zero-order valence-electron chi connectivity index (χ0n) is 20.4. The number of hydrogen-bond donors (Lipinski definition) is 1. The molecule has 0 aliphatic carbocycles. The molecule has 0 saturated carbocycles. The van der Waals surface area contributed by atoms with Gasteiger partial charge in [0.1, 0.15) is 29.7 Å². The maximum Gasteiger partial charge on any atom is 0.296 e. The Morgan fingerprint density at radius 1 is 1.19 bits per heavy atom. The number of nitro groups is 1. The number of benzene rings is 3. The minimum absolute atomic E-state index is 0.0542. The Morgan fingerprint density at radius 2 is 1.95 bits per heavy atom. The van der Waals surface area contributed by atoms with E-state index in [9.17, 15) is 20.2 Å². The monoisotopic (exact) mass is 613 g/mol. The van der Waals surface area contributed by atoms with Crippen LogP contribution in [-0.2, 0) is 11.4 Å². The van der Waals surface area contributed by atoms with E-state index in [0.29, 0.717) is 30.3 Å². The van der Waals surface area contributed by atoms with E-state index in [0.717, 1.165) is 14.7 Å². The Hall–Kier alpha value is -4.11. The number of nitrogens with one attached hydrogen (secondary N) is 1. The van der Waals surface area contributed by atoms with Crippen LogP contribution in [0.15, 0.2) is 60.2 Å². The molecule has 37 heavy (non-hydrogen) atoms. The van der Waals surface area contributed by atoms with Crippen LogP contribution < -0.4 is 19.5 Å². The van der Waals surface area contributed by atoms with E-state index < -0.39 is 10.8 Å². The molecule has 1 N–H and O–H groups in total. The fourth-order valence-electron chi connectivity index (χ4n) is 3.40. The van der Waals surface area contributed by atoms with Crippen molar-refractivity contribution in [1.82, 2.24) is 0 Å². The van der Waals surface area contributed by atoms with Crippen molar-refractivity contribution < 1.29 is 23.9 Å². The Labute approximate surface area is 227 Å². The predicted molar refractivity (Wildman–Crippen MR) is 148 cm³/mol. The van der Waals surface area contributed by atoms with Gasteiger partial charge in [-0.05, 0) is 83.5 Å². The van der Waals surface area contributed by atoms with Gasteiger partial charge in [-0.3, -0.25) is 14.9 Å². The third-order valence-electron chi connectivity index (χ3n) is 5.29. The van der Waals surface area contributed by atoms with Gasteiger partial charge in [-0.1, -0.05) is 24.3 Å². The topological polar surface area (TPSA) is 124 Å². The lowest BCUT2D eigenvalue weighted by Crippen LogP contribution is -2.14. The molecule has 0 atom stereocenters. The molecule has 9 nitrogen and oxygen atoms in total. The van der Waals surface area contributed by atoms with Crippen LogP contribution in [0, 0.1) is 31.9 Å². The molecule has 190 valence electrons. The van der Waals surface area contributed by atoms with Gasteiger partial charge in [-0.2, -0.15) is 5.26 Å². The lowest BCUT2D eigenvalue weighted by molar-refractivity contribution is -0.384. The number of nitrogens with zero attached hydrogens (tertiary/aromatic N) is 2. The number of nitro benzene ring substituents is 1. The van der Waals surface area contributed by atoms with Gasteiger partial charge < -0.3 is 19.5 Å². The van der Waals surface area contributed by atoms with E-state index in [1.165, 1.54) is 31.4 Å². The lowest BCUT2D eigenvalue weighted by Gasteiger charge is -2.16. The Kier molecular flexibility index (Phi) is 9.45. The van der Waals surface area contributed by atoms with Gasteiger partial charge in [0, 0.05) is 0 Å². The highest BCUT2D eigenvalue weighted by Crippen LogP contribution is 2.36. The molecule has 0 unspecified atom stereocenters. The number of nitriles is 1. The Morgan fingerprint density at radius 3 is 2.59 bits per heavy atom. The zero-order chi connectivity index (χ0) is 26.9. The summed E-state index contributed by atoms with van der Waals surface area (Å²) < 4.78 is 17.6. The molecule has 3 aromatic rings. The highest BCUT2D eigenvalue weighted by molar-refractivity contribution is 14.1. The summed E-state index contributed by atoms with van der Waals surface area (Å²) in [5.74, 6) is 0.504. The van der Waals surface area contributed by atoms with Crippen molar-refractivity contribution in [2.75, 3.05) is 19.0 Å². The van der Waals surface area contributed by atoms with E-state index in [4.69, 9.17) is 14.2 Å². The second-order valence-corrected chi connectivity index (χ2v) is 8.90. The minimum atomic E-state index is -0.788. The number of halogens is 1. The summed E-state index contributed by atoms with van der Waals surface area (Å²) in [4.78, 5) is 23.6. The fourth-order valence-corrected chi connectivity index (χ4v) is 4.18. The molecule has 0 aromatic heterocycles. The highest BCUT2D eigenvalue weighted by atomic mass is 127. The molecule has 0 aliphatic heterocycles. The standard InChI is InChI=1S/C27H24IN3O6/c1-4-36-25-13-18(12-22(28)26(25)37-16-19-8-6-5-7-17(19)2)11-20(15-29)27(32)30-23-10-9-21(35-3)14-24(23)31(33)34/h5-14H,4,16H2,1-3H3,(H,30,32)/b20-11+. The third kappa shape index (κ3) is 6.98. The molecule has 0 radical (unpaired) electrons. The predicted octanol–water partition coefficient (Wildman–Crippen LogP) is 6.04. The van der Waals surface area contributed by atoms with Crippen LogP contribution in [0.4, 0.5) is 11.4 Å². The van der Waals surface area contributed by atoms with Crippen molar-refractivity contribution in [3.63, 3.8) is 0 Å². The first kappa shape index (κ1) is 27.5. The number of carbonyl (C=O) groups excluding carboxylic acids is 1. The summed E-state index contributed by atoms with van der Waals surface area (Å²) in [6.07, 6.45) is 1.39. The normalized spacial score (nSPS) is 10.8. The van der Waals surface area contributed by atoms with E-state index in [-0.39, 0.29) is 22.7 Å². The number of hydrogen-bond acceptors (Lipinski definition) is 7. The van der Waals surface area contributed by atoms with E-state index in [1.54, 1.807) is 12.1 Å². The first-order valence-corrected chi connectivity index (χ1v) is 12.2. The number of aryl methyl sites for hydroxylation is 1. The number of anilines is 1. The van der Waals surface area contributed by atoms with E-state index in [2.05, 4.69) is 27.9 Å². The quantitative estimate of drug-likeness (QED) is 0.0973. The summed E-state index contributed by atoms with van der Waals surface area (Å²) in [7, 11) is 1.38. The second kappa shape index (κ2) is 12.7. The van der Waals surface area contributed by atoms with Gasteiger partial charge in [0.2, 0.25) is 0 Å². The smallest absolute Gasteiger partial charge is 0.296 e. The molecule has 0 spiro atoms. The first-order valence-electron chi connectivity index (χ1n) is 11.2. The first-order chi connectivity index (χ1) is 17.8. The van der Waals surface area contributed by atoms with Crippen molar-refractivity contribution >= 4 is 45.9 Å². The summed E-state index contributed by atoms with van der Waals surface area (Å²) in [5, 5.41) is 23.5. The number of methoxy groups -OCH3 is 1. The van der Waals surface area contributed by atoms with E-state index in [1.807, 2.05) is 44.2 Å². The average Bonchev–Trinajstić information content (AvgIpc) is 2.88. The van der Waals surface area contributed by atoms with Crippen molar-refractivity contribution in [3.05, 3.63) is 90.5 Å². The Bertz CT molecular complexity index is 1400. The molecule has 3 aromatic carbocycles. The number of carbonyl (C=O) groups is 1. The number of rotatable bonds is 10. The van der Waals surface area contributed by atoms with Crippen LogP contribution in [0.2, 0.25) is 0 Å². The largest absolute Gasteiger partial charge is 0.496 e. The summed E-state index contributed by atoms with van der Waals surface area (Å²) in [6.45, 7) is 4.59. The van der Waals surface area contributed by atoms with Crippen molar-refractivity contribution in [2.24, 2.45) is 0 Å². The summed E-state index contributed by atoms with van der Waals surface area (Å²) in [6, 6.07) is 17.2. The lowest BCUT2D eigenvalue weighted by atomic mass is 10.1. The molecular weight excluding hydrogens is 589 g/mol. The van der Waals surface area contributed by atoms with Crippen molar-refractivity contribution in [3.8, 4) is 23.3 Å². The molecule has 10 heteroatoms. The van der Waals surface area contributed by atoms with Gasteiger partial charge in [-0.15, -0.1) is 0 Å². The van der Waals surface area contributed by atoms with Gasteiger partial charge in [0.25, 0.3) is 11.6 Å². The highest BCUT2D eigenvalue weighted by Gasteiger charge is 2.20. The fraction of sp³-hybridized carbons (Fsp3) is 0.185. The van der Waals surface area contributed by atoms with E-state index >= 15 is 0 Å². The summed E-state index contributed by atoms with van der Waals surface area (Å²) >= 11 is 2.11.